The fourth-order valence-corrected chi connectivity index (χ4v) is 0.885. The summed E-state index contributed by atoms with van der Waals surface area (Å²) in [5.41, 5.74) is 0.176. The maximum absolute atomic E-state index is 13.0. The summed E-state index contributed by atoms with van der Waals surface area (Å²) in [7, 11) is 1.47. The van der Waals surface area contributed by atoms with Crippen LogP contribution in [0.5, 0.6) is 0 Å². The summed E-state index contributed by atoms with van der Waals surface area (Å²) in [6.45, 7) is 0. The van der Waals surface area contributed by atoms with Crippen molar-refractivity contribution in [2.45, 2.75) is 0 Å². The van der Waals surface area contributed by atoms with Crippen LogP contribution < -0.4 is 5.32 Å². The second-order valence-electron chi connectivity index (χ2n) is 2.61. The maximum atomic E-state index is 13.0. The number of hydrogen-bond donors (Lipinski definition) is 1. The minimum Gasteiger partial charge on any atom is -0.356 e. The SMILES string of the molecule is CNC(=O)/C=C/c1ccc(F)cc1F. The summed E-state index contributed by atoms with van der Waals surface area (Å²) in [5.74, 6) is -1.67. The van der Waals surface area contributed by atoms with E-state index in [2.05, 4.69) is 5.32 Å². The molecule has 14 heavy (non-hydrogen) atoms. The van der Waals surface area contributed by atoms with Crippen LogP contribution in [-0.4, -0.2) is 13.0 Å². The summed E-state index contributed by atoms with van der Waals surface area (Å²) < 4.78 is 25.5. The average molecular weight is 197 g/mol. The van der Waals surface area contributed by atoms with Gasteiger partial charge in [-0.15, -0.1) is 0 Å². The van der Waals surface area contributed by atoms with Crippen molar-refractivity contribution in [2.24, 2.45) is 0 Å². The second-order valence-corrected chi connectivity index (χ2v) is 2.61. The topological polar surface area (TPSA) is 29.1 Å². The van der Waals surface area contributed by atoms with Crippen LogP contribution >= 0.6 is 0 Å². The van der Waals surface area contributed by atoms with Crippen LogP contribution in [0.4, 0.5) is 8.78 Å². The van der Waals surface area contributed by atoms with Gasteiger partial charge in [0.05, 0.1) is 0 Å². The van der Waals surface area contributed by atoms with Gasteiger partial charge in [0.2, 0.25) is 5.91 Å². The van der Waals surface area contributed by atoms with Gasteiger partial charge in [0.15, 0.2) is 0 Å². The zero-order valence-corrected chi connectivity index (χ0v) is 7.55. The molecule has 0 saturated heterocycles. The molecule has 1 rings (SSSR count). The van der Waals surface area contributed by atoms with Gasteiger partial charge in [-0.2, -0.15) is 0 Å². The van der Waals surface area contributed by atoms with E-state index in [0.717, 1.165) is 12.1 Å². The molecule has 74 valence electrons. The normalized spacial score (nSPS) is 10.5. The molecular weight excluding hydrogens is 188 g/mol. The van der Waals surface area contributed by atoms with Gasteiger partial charge in [-0.3, -0.25) is 4.79 Å². The number of hydrogen-bond acceptors (Lipinski definition) is 1. The Morgan fingerprint density at radius 2 is 2.14 bits per heavy atom. The molecule has 0 saturated carbocycles. The van der Waals surface area contributed by atoms with Gasteiger partial charge in [-0.1, -0.05) is 0 Å². The Bertz CT molecular complexity index is 374. The number of carbonyl (C=O) groups is 1. The van der Waals surface area contributed by atoms with Gasteiger partial charge in [-0.05, 0) is 18.2 Å². The van der Waals surface area contributed by atoms with Crippen LogP contribution in [0.1, 0.15) is 5.56 Å². The third kappa shape index (κ3) is 2.65. The molecule has 1 aromatic carbocycles. The predicted molar refractivity (Wildman–Crippen MR) is 49.5 cm³/mol. The third-order valence-electron chi connectivity index (χ3n) is 1.62. The smallest absolute Gasteiger partial charge is 0.243 e. The van der Waals surface area contributed by atoms with Gasteiger partial charge < -0.3 is 5.32 Å². The molecule has 2 nitrogen and oxygen atoms in total. The molecule has 0 aliphatic heterocycles. The lowest BCUT2D eigenvalue weighted by atomic mass is 10.2. The highest BCUT2D eigenvalue weighted by Gasteiger charge is 2.00. The Kier molecular flexibility index (Phi) is 3.34. The lowest BCUT2D eigenvalue weighted by Crippen LogP contribution is -2.13. The number of amides is 1. The van der Waals surface area contributed by atoms with E-state index in [-0.39, 0.29) is 11.5 Å². The van der Waals surface area contributed by atoms with Crippen LogP contribution in [0.2, 0.25) is 0 Å². The predicted octanol–water partition coefficient (Wildman–Crippen LogP) is 1.72. The quantitative estimate of drug-likeness (QED) is 0.718. The zero-order valence-electron chi connectivity index (χ0n) is 7.55. The van der Waals surface area contributed by atoms with Gasteiger partial charge in [0, 0.05) is 24.8 Å². The second kappa shape index (κ2) is 4.50. The van der Waals surface area contributed by atoms with Crippen molar-refractivity contribution in [2.75, 3.05) is 7.05 Å². The van der Waals surface area contributed by atoms with Crippen LogP contribution in [-0.2, 0) is 4.79 Å². The van der Waals surface area contributed by atoms with E-state index in [0.29, 0.717) is 0 Å². The van der Waals surface area contributed by atoms with Crippen molar-refractivity contribution < 1.29 is 13.6 Å². The molecule has 1 aromatic rings. The Morgan fingerprint density at radius 1 is 1.43 bits per heavy atom. The molecule has 4 heteroatoms. The molecule has 0 heterocycles. The van der Waals surface area contributed by atoms with Gasteiger partial charge in [-0.25, -0.2) is 8.78 Å². The number of halogens is 2. The molecule has 0 bridgehead atoms. The van der Waals surface area contributed by atoms with Crippen molar-refractivity contribution in [3.05, 3.63) is 41.5 Å². The van der Waals surface area contributed by atoms with Crippen LogP contribution in [0, 0.1) is 11.6 Å². The first-order valence-corrected chi connectivity index (χ1v) is 3.98. The van der Waals surface area contributed by atoms with Crippen LogP contribution in [0.3, 0.4) is 0 Å². The van der Waals surface area contributed by atoms with Crippen molar-refractivity contribution in [1.82, 2.24) is 5.32 Å². The van der Waals surface area contributed by atoms with Crippen LogP contribution in [0.25, 0.3) is 6.08 Å². The Hall–Kier alpha value is -1.71. The molecule has 0 atom stereocenters. The Morgan fingerprint density at radius 3 is 2.71 bits per heavy atom. The number of carbonyl (C=O) groups excluding carboxylic acids is 1. The summed E-state index contributed by atoms with van der Waals surface area (Å²) in [4.78, 5) is 10.8. The molecule has 0 radical (unpaired) electrons. The number of benzene rings is 1. The molecule has 1 N–H and O–H groups in total. The highest BCUT2D eigenvalue weighted by molar-refractivity contribution is 5.91. The van der Waals surface area contributed by atoms with E-state index >= 15 is 0 Å². The first kappa shape index (κ1) is 10.4. The lowest BCUT2D eigenvalue weighted by Gasteiger charge is -1.96. The minimum absolute atomic E-state index is 0.176. The Balaban J connectivity index is 2.87. The highest BCUT2D eigenvalue weighted by atomic mass is 19.1. The van der Waals surface area contributed by atoms with Gasteiger partial charge >= 0.3 is 0 Å². The van der Waals surface area contributed by atoms with Crippen molar-refractivity contribution in [3.63, 3.8) is 0 Å². The summed E-state index contributed by atoms with van der Waals surface area (Å²) in [6, 6.07) is 3.17. The molecule has 0 aromatic heterocycles. The monoisotopic (exact) mass is 197 g/mol. The van der Waals surface area contributed by atoms with Gasteiger partial charge in [0.1, 0.15) is 11.6 Å². The standard InChI is InChI=1S/C10H9F2NO/c1-13-10(14)5-3-7-2-4-8(11)6-9(7)12/h2-6H,1H3,(H,13,14)/b5-3+. The highest BCUT2D eigenvalue weighted by Crippen LogP contribution is 2.10. The molecule has 1 amide bonds. The lowest BCUT2D eigenvalue weighted by molar-refractivity contribution is -0.115. The number of likely N-dealkylation sites (N-methyl/N-ethyl adjacent to an activating group) is 1. The minimum atomic E-state index is -0.690. The van der Waals surface area contributed by atoms with E-state index in [9.17, 15) is 13.6 Å². The van der Waals surface area contributed by atoms with E-state index in [1.807, 2.05) is 0 Å². The van der Waals surface area contributed by atoms with Crippen molar-refractivity contribution >= 4 is 12.0 Å². The fourth-order valence-electron chi connectivity index (χ4n) is 0.885. The summed E-state index contributed by atoms with van der Waals surface area (Å²) >= 11 is 0. The van der Waals surface area contributed by atoms with Crippen LogP contribution in [0.15, 0.2) is 24.3 Å². The Labute approximate surface area is 80.2 Å². The van der Waals surface area contributed by atoms with Crippen molar-refractivity contribution in [3.8, 4) is 0 Å². The van der Waals surface area contributed by atoms with E-state index < -0.39 is 11.6 Å². The first-order valence-electron chi connectivity index (χ1n) is 3.98. The molecule has 0 aliphatic carbocycles. The van der Waals surface area contributed by atoms with E-state index in [1.54, 1.807) is 0 Å². The van der Waals surface area contributed by atoms with Gasteiger partial charge in [0.25, 0.3) is 0 Å². The average Bonchev–Trinajstić information content (AvgIpc) is 2.16. The fraction of sp³-hybridized carbons (Fsp3) is 0.100. The molecule has 0 unspecified atom stereocenters. The molecule has 0 spiro atoms. The summed E-state index contributed by atoms with van der Waals surface area (Å²) in [6.07, 6.45) is 2.46. The molecule has 0 fully saturated rings. The molecule has 0 aliphatic rings. The van der Waals surface area contributed by atoms with E-state index in [4.69, 9.17) is 0 Å². The summed E-state index contributed by atoms with van der Waals surface area (Å²) in [5, 5.41) is 2.34. The largest absolute Gasteiger partial charge is 0.356 e. The third-order valence-corrected chi connectivity index (χ3v) is 1.62. The first-order chi connectivity index (χ1) is 6.63. The number of rotatable bonds is 2. The maximum Gasteiger partial charge on any atom is 0.243 e. The molecular formula is C10H9F2NO. The van der Waals surface area contributed by atoms with E-state index in [1.165, 1.54) is 25.3 Å². The zero-order chi connectivity index (χ0) is 10.6. The van der Waals surface area contributed by atoms with Crippen molar-refractivity contribution in [1.29, 1.82) is 0 Å². The number of nitrogens with one attached hydrogen (secondary N) is 1.